The summed E-state index contributed by atoms with van der Waals surface area (Å²) in [4.78, 5) is 17.9. The molecule has 1 aromatic heterocycles. The van der Waals surface area contributed by atoms with Gasteiger partial charge in [0, 0.05) is 30.6 Å². The number of benzene rings is 2. The van der Waals surface area contributed by atoms with Crippen molar-refractivity contribution in [2.24, 2.45) is 0 Å². The van der Waals surface area contributed by atoms with E-state index in [2.05, 4.69) is 4.98 Å². The molecule has 2 unspecified atom stereocenters. The quantitative estimate of drug-likeness (QED) is 0.536. The number of likely N-dealkylation sites (N-methyl/N-ethyl adjacent to an activating group) is 1. The number of pyridine rings is 1. The van der Waals surface area contributed by atoms with Crippen molar-refractivity contribution in [3.63, 3.8) is 0 Å². The van der Waals surface area contributed by atoms with Crippen molar-refractivity contribution < 1.29 is 23.0 Å². The van der Waals surface area contributed by atoms with Crippen molar-refractivity contribution in [1.82, 2.24) is 9.29 Å². The molecule has 2 aliphatic rings. The van der Waals surface area contributed by atoms with Gasteiger partial charge in [0.1, 0.15) is 18.1 Å². The fourth-order valence-corrected chi connectivity index (χ4v) is 6.65. The van der Waals surface area contributed by atoms with Gasteiger partial charge in [0.2, 0.25) is 10.0 Å². The van der Waals surface area contributed by atoms with E-state index in [0.29, 0.717) is 48.4 Å². The average molecular weight is 500 g/mol. The van der Waals surface area contributed by atoms with Gasteiger partial charge in [-0.2, -0.15) is 4.31 Å². The Morgan fingerprint density at radius 1 is 1.23 bits per heavy atom. The van der Waals surface area contributed by atoms with E-state index >= 15 is 0 Å². The predicted octanol–water partition coefficient (Wildman–Crippen LogP) is 2.47. The molecule has 1 aliphatic carbocycles. The summed E-state index contributed by atoms with van der Waals surface area (Å²) < 4.78 is 40.2. The molecule has 10 heteroatoms. The first-order valence-corrected chi connectivity index (χ1v) is 13.1. The zero-order valence-corrected chi connectivity index (χ0v) is 20.5. The highest BCUT2D eigenvalue weighted by Crippen LogP contribution is 2.36. The molecule has 1 saturated carbocycles. The Morgan fingerprint density at radius 3 is 2.80 bits per heavy atom. The third-order valence-corrected chi connectivity index (χ3v) is 8.78. The molecule has 0 bridgehead atoms. The molecule has 0 radical (unpaired) electrons. The number of hydrogen-bond donors (Lipinski definition) is 2. The fourth-order valence-electron chi connectivity index (χ4n) is 4.98. The van der Waals surface area contributed by atoms with E-state index < -0.39 is 27.7 Å². The predicted molar refractivity (Wildman–Crippen MR) is 133 cm³/mol. The van der Waals surface area contributed by atoms with Crippen LogP contribution in [-0.4, -0.2) is 62.3 Å². The topological polar surface area (TPSA) is 112 Å². The number of H-pyrrole nitrogens is 1. The number of aromatic amines is 1. The number of aliphatic hydroxyl groups is 1. The summed E-state index contributed by atoms with van der Waals surface area (Å²) in [6.45, 7) is 1.02. The number of anilines is 1. The molecule has 9 nitrogen and oxygen atoms in total. The van der Waals surface area contributed by atoms with Gasteiger partial charge in [0.25, 0.3) is 5.56 Å². The number of hydrogen-bond acceptors (Lipinski definition) is 7. The Hall–Kier alpha value is -3.08. The molecule has 1 aliphatic heterocycles. The zero-order chi connectivity index (χ0) is 24.7. The third kappa shape index (κ3) is 4.26. The molecule has 2 N–H and O–H groups in total. The standard InChI is InChI=1S/C25H29N3O6S/c1-27-11-12-34-23-14-18(9-10-20(23)27)35(31,32)28(19-6-4-7-21(19)29)15-17-13-16-5-3-8-22(33-2)24(16)26-25(17)30/h3,5,8-10,13-14,19,21,29H,4,6-7,11-12,15H2,1-2H3,(H,26,30). The van der Waals surface area contributed by atoms with Gasteiger partial charge in [0.05, 0.1) is 41.9 Å². The minimum absolute atomic E-state index is 0.0736. The second-order valence-corrected chi connectivity index (χ2v) is 11.0. The SMILES string of the molecule is COc1cccc2cc(CN(C3CCCC3O)S(=O)(=O)c3ccc4c(c3)OCCN4C)c(=O)[nH]c12. The summed E-state index contributed by atoms with van der Waals surface area (Å²) in [5, 5.41) is 11.4. The largest absolute Gasteiger partial charge is 0.495 e. The summed E-state index contributed by atoms with van der Waals surface area (Å²) >= 11 is 0. The molecule has 0 amide bonds. The van der Waals surface area contributed by atoms with Crippen molar-refractivity contribution in [3.05, 3.63) is 58.4 Å². The normalized spacial score (nSPS) is 20.2. The monoisotopic (exact) mass is 499 g/mol. The molecule has 0 saturated heterocycles. The Labute approximate surface area is 203 Å². The Balaban J connectivity index is 1.57. The number of sulfonamides is 1. The van der Waals surface area contributed by atoms with Gasteiger partial charge >= 0.3 is 0 Å². The van der Waals surface area contributed by atoms with E-state index in [1.54, 1.807) is 24.3 Å². The molecule has 0 spiro atoms. The molecule has 186 valence electrons. The number of para-hydroxylation sites is 1. The average Bonchev–Trinajstić information content (AvgIpc) is 3.27. The van der Waals surface area contributed by atoms with E-state index in [1.165, 1.54) is 17.5 Å². The fraction of sp³-hybridized carbons (Fsp3) is 0.400. The molecule has 5 rings (SSSR count). The van der Waals surface area contributed by atoms with Crippen molar-refractivity contribution in [2.75, 3.05) is 32.2 Å². The summed E-state index contributed by atoms with van der Waals surface area (Å²) in [5.74, 6) is 1.03. The lowest BCUT2D eigenvalue weighted by Crippen LogP contribution is -2.44. The van der Waals surface area contributed by atoms with Crippen LogP contribution >= 0.6 is 0 Å². The Morgan fingerprint density at radius 2 is 2.06 bits per heavy atom. The van der Waals surface area contributed by atoms with Gasteiger partial charge in [-0.05, 0) is 43.5 Å². The lowest BCUT2D eigenvalue weighted by atomic mass is 10.1. The number of aromatic nitrogens is 1. The minimum atomic E-state index is -4.05. The highest BCUT2D eigenvalue weighted by Gasteiger charge is 2.39. The van der Waals surface area contributed by atoms with Crippen LogP contribution in [0, 0.1) is 0 Å². The van der Waals surface area contributed by atoms with Crippen LogP contribution < -0.4 is 19.9 Å². The van der Waals surface area contributed by atoms with Crippen LogP contribution in [0.3, 0.4) is 0 Å². The highest BCUT2D eigenvalue weighted by atomic mass is 32.2. The number of aliphatic hydroxyl groups excluding tert-OH is 1. The maximum Gasteiger partial charge on any atom is 0.253 e. The van der Waals surface area contributed by atoms with Crippen LogP contribution in [0.2, 0.25) is 0 Å². The van der Waals surface area contributed by atoms with Crippen LogP contribution in [0.5, 0.6) is 11.5 Å². The number of nitrogens with zero attached hydrogens (tertiary/aromatic N) is 2. The van der Waals surface area contributed by atoms with Crippen LogP contribution in [0.1, 0.15) is 24.8 Å². The zero-order valence-electron chi connectivity index (χ0n) is 19.7. The van der Waals surface area contributed by atoms with Crippen LogP contribution in [0.15, 0.2) is 52.2 Å². The third-order valence-electron chi connectivity index (χ3n) is 6.91. The summed E-state index contributed by atoms with van der Waals surface area (Å²) in [6.07, 6.45) is 0.940. The van der Waals surface area contributed by atoms with Gasteiger partial charge in [-0.15, -0.1) is 0 Å². The van der Waals surface area contributed by atoms with Crippen molar-refractivity contribution in [2.45, 2.75) is 42.8 Å². The Bertz CT molecular complexity index is 1420. The lowest BCUT2D eigenvalue weighted by molar-refractivity contribution is 0.110. The number of rotatable bonds is 6. The summed E-state index contributed by atoms with van der Waals surface area (Å²) in [7, 11) is -0.599. The van der Waals surface area contributed by atoms with Gasteiger partial charge in [0.15, 0.2) is 0 Å². The minimum Gasteiger partial charge on any atom is -0.495 e. The van der Waals surface area contributed by atoms with Crippen LogP contribution in [0.25, 0.3) is 10.9 Å². The molecule has 2 aromatic carbocycles. The van der Waals surface area contributed by atoms with Gasteiger partial charge < -0.3 is 24.5 Å². The van der Waals surface area contributed by atoms with Crippen molar-refractivity contribution in [1.29, 1.82) is 0 Å². The van der Waals surface area contributed by atoms with E-state index in [-0.39, 0.29) is 11.4 Å². The maximum atomic E-state index is 13.9. The van der Waals surface area contributed by atoms with Gasteiger partial charge in [-0.25, -0.2) is 8.42 Å². The molecule has 35 heavy (non-hydrogen) atoms. The maximum absolute atomic E-state index is 13.9. The first kappa shape index (κ1) is 23.7. The molecule has 1 fully saturated rings. The van der Waals surface area contributed by atoms with Crippen LogP contribution in [0.4, 0.5) is 5.69 Å². The lowest BCUT2D eigenvalue weighted by Gasteiger charge is -2.31. The van der Waals surface area contributed by atoms with E-state index in [4.69, 9.17) is 9.47 Å². The van der Waals surface area contributed by atoms with E-state index in [9.17, 15) is 18.3 Å². The Kier molecular flexibility index (Phi) is 6.20. The number of nitrogens with one attached hydrogen (secondary N) is 1. The number of ether oxygens (including phenoxy) is 2. The summed E-state index contributed by atoms with van der Waals surface area (Å²) in [6, 6.07) is 11.3. The molecule has 2 atom stereocenters. The first-order valence-electron chi connectivity index (χ1n) is 11.7. The number of methoxy groups -OCH3 is 1. The molecule has 2 heterocycles. The first-order chi connectivity index (χ1) is 16.8. The van der Waals surface area contributed by atoms with Gasteiger partial charge in [-0.1, -0.05) is 12.1 Å². The van der Waals surface area contributed by atoms with Crippen molar-refractivity contribution in [3.8, 4) is 11.5 Å². The van der Waals surface area contributed by atoms with Crippen LogP contribution in [-0.2, 0) is 16.6 Å². The van der Waals surface area contributed by atoms with Crippen molar-refractivity contribution >= 4 is 26.6 Å². The highest BCUT2D eigenvalue weighted by molar-refractivity contribution is 7.89. The van der Waals surface area contributed by atoms with E-state index in [0.717, 1.165) is 17.6 Å². The second kappa shape index (κ2) is 9.18. The molecule has 3 aromatic rings. The smallest absolute Gasteiger partial charge is 0.253 e. The van der Waals surface area contributed by atoms with Gasteiger partial charge in [-0.3, -0.25) is 4.79 Å². The molecular weight excluding hydrogens is 470 g/mol. The second-order valence-electron chi connectivity index (χ2n) is 9.06. The number of fused-ring (bicyclic) bond motifs is 2. The summed E-state index contributed by atoms with van der Waals surface area (Å²) in [5.41, 5.74) is 1.27. The van der Waals surface area contributed by atoms with E-state index in [1.807, 2.05) is 24.1 Å². The molecular formula is C25H29N3O6S.